The van der Waals surface area contributed by atoms with Crippen molar-refractivity contribution in [3.63, 3.8) is 0 Å². The van der Waals surface area contributed by atoms with E-state index in [4.69, 9.17) is 40.2 Å². The van der Waals surface area contributed by atoms with Crippen LogP contribution in [0.1, 0.15) is 28.8 Å². The van der Waals surface area contributed by atoms with Crippen LogP contribution in [0.3, 0.4) is 0 Å². The Morgan fingerprint density at radius 3 is 2.29 bits per heavy atom. The molecular formula is C20H18Cl2F3N3O2S. The highest BCUT2D eigenvalue weighted by molar-refractivity contribution is 7.80. The zero-order chi connectivity index (χ0) is 22.8. The number of hydrogen-bond donors (Lipinski definition) is 2. The SMILES string of the molecule is COc1c(Cl)cc(C(=O)NC(=S)Nc2cc(C(F)(F)F)ccc2N2CCCC2)cc1Cl. The number of carbonyl (C=O) groups excluding carboxylic acids is 1. The van der Waals surface area contributed by atoms with E-state index < -0.39 is 17.6 Å². The van der Waals surface area contributed by atoms with Crippen LogP contribution in [0.4, 0.5) is 24.5 Å². The Bertz CT molecular complexity index is 989. The molecule has 11 heteroatoms. The van der Waals surface area contributed by atoms with Crippen LogP contribution in [0, 0.1) is 0 Å². The molecule has 1 amide bonds. The van der Waals surface area contributed by atoms with Crippen LogP contribution in [0.15, 0.2) is 30.3 Å². The second-order valence-corrected chi connectivity index (χ2v) is 8.03. The Hall–Kier alpha value is -2.23. The van der Waals surface area contributed by atoms with Crippen molar-refractivity contribution in [2.75, 3.05) is 30.4 Å². The molecule has 1 aliphatic heterocycles. The van der Waals surface area contributed by atoms with Gasteiger partial charge in [-0.25, -0.2) is 0 Å². The normalized spacial score (nSPS) is 13.8. The van der Waals surface area contributed by atoms with Gasteiger partial charge < -0.3 is 15.0 Å². The number of nitrogens with one attached hydrogen (secondary N) is 2. The highest BCUT2D eigenvalue weighted by Gasteiger charge is 2.32. The number of amides is 1. The van der Waals surface area contributed by atoms with Crippen LogP contribution in [-0.2, 0) is 6.18 Å². The maximum absolute atomic E-state index is 13.2. The maximum Gasteiger partial charge on any atom is 0.416 e. The molecule has 1 aliphatic rings. The van der Waals surface area contributed by atoms with E-state index in [1.165, 1.54) is 25.3 Å². The molecule has 0 spiro atoms. The average molecular weight is 492 g/mol. The maximum atomic E-state index is 13.2. The molecule has 2 aromatic rings. The molecule has 1 fully saturated rings. The van der Waals surface area contributed by atoms with E-state index in [0.29, 0.717) is 5.69 Å². The first-order chi connectivity index (χ1) is 14.6. The van der Waals surface area contributed by atoms with E-state index in [9.17, 15) is 18.0 Å². The van der Waals surface area contributed by atoms with Crippen molar-refractivity contribution in [2.45, 2.75) is 19.0 Å². The van der Waals surface area contributed by atoms with Gasteiger partial charge in [0.1, 0.15) is 0 Å². The van der Waals surface area contributed by atoms with Gasteiger partial charge in [-0.1, -0.05) is 23.2 Å². The minimum absolute atomic E-state index is 0.115. The van der Waals surface area contributed by atoms with Crippen LogP contribution in [0.25, 0.3) is 0 Å². The van der Waals surface area contributed by atoms with Gasteiger partial charge in [-0.05, 0) is 55.4 Å². The van der Waals surface area contributed by atoms with Crippen molar-refractivity contribution in [2.24, 2.45) is 0 Å². The van der Waals surface area contributed by atoms with Crippen LogP contribution in [0.5, 0.6) is 5.75 Å². The van der Waals surface area contributed by atoms with Crippen molar-refractivity contribution in [3.8, 4) is 5.75 Å². The summed E-state index contributed by atoms with van der Waals surface area (Å²) in [6.45, 7) is 1.45. The number of methoxy groups -OCH3 is 1. The van der Waals surface area contributed by atoms with Gasteiger partial charge >= 0.3 is 6.18 Å². The molecule has 3 rings (SSSR count). The standard InChI is InChI=1S/C20H18Cl2F3N3O2S/c1-30-17-13(21)8-11(9-14(17)22)18(29)27-19(31)26-15-10-12(20(23,24)25)4-5-16(15)28-6-2-3-7-28/h4-5,8-10H,2-3,6-7H2,1H3,(H2,26,27,29,31). The monoisotopic (exact) mass is 491 g/mol. The molecule has 31 heavy (non-hydrogen) atoms. The van der Waals surface area contributed by atoms with Crippen molar-refractivity contribution < 1.29 is 22.7 Å². The molecule has 0 unspecified atom stereocenters. The van der Waals surface area contributed by atoms with E-state index >= 15 is 0 Å². The molecule has 0 atom stereocenters. The summed E-state index contributed by atoms with van der Waals surface area (Å²) >= 11 is 17.3. The summed E-state index contributed by atoms with van der Waals surface area (Å²) < 4.78 is 44.7. The largest absolute Gasteiger partial charge is 0.494 e. The van der Waals surface area contributed by atoms with E-state index in [1.54, 1.807) is 0 Å². The van der Waals surface area contributed by atoms with Gasteiger partial charge in [-0.2, -0.15) is 13.2 Å². The molecule has 2 aromatic carbocycles. The molecule has 166 valence electrons. The summed E-state index contributed by atoms with van der Waals surface area (Å²) in [4.78, 5) is 14.5. The summed E-state index contributed by atoms with van der Waals surface area (Å²) in [6, 6.07) is 6.12. The zero-order valence-corrected chi connectivity index (χ0v) is 18.6. The Labute approximate surface area is 192 Å². The first-order valence-electron chi connectivity index (χ1n) is 9.21. The topological polar surface area (TPSA) is 53.6 Å². The fraction of sp³-hybridized carbons (Fsp3) is 0.300. The molecule has 1 heterocycles. The van der Waals surface area contributed by atoms with Crippen molar-refractivity contribution in [3.05, 3.63) is 51.5 Å². The third kappa shape index (κ3) is 5.53. The Balaban J connectivity index is 1.81. The number of ether oxygens (including phenoxy) is 1. The minimum atomic E-state index is -4.51. The number of hydrogen-bond acceptors (Lipinski definition) is 4. The molecule has 0 saturated carbocycles. The molecule has 5 nitrogen and oxygen atoms in total. The van der Waals surface area contributed by atoms with Crippen molar-refractivity contribution in [1.29, 1.82) is 0 Å². The Kier molecular flexibility index (Phi) is 7.18. The number of carbonyl (C=O) groups is 1. The van der Waals surface area contributed by atoms with Gasteiger partial charge in [0.05, 0.1) is 34.1 Å². The van der Waals surface area contributed by atoms with Gasteiger partial charge in [0.25, 0.3) is 5.91 Å². The first-order valence-corrected chi connectivity index (χ1v) is 10.4. The van der Waals surface area contributed by atoms with Gasteiger partial charge in [-0.15, -0.1) is 0 Å². The average Bonchev–Trinajstić information content (AvgIpc) is 3.21. The summed E-state index contributed by atoms with van der Waals surface area (Å²) in [5.74, 6) is -0.404. The summed E-state index contributed by atoms with van der Waals surface area (Å²) in [6.07, 6.45) is -2.62. The third-order valence-electron chi connectivity index (χ3n) is 4.71. The number of thiocarbonyl (C=S) groups is 1. The van der Waals surface area contributed by atoms with Crippen molar-refractivity contribution in [1.82, 2.24) is 5.32 Å². The fourth-order valence-corrected chi connectivity index (χ4v) is 4.11. The second kappa shape index (κ2) is 9.50. The van der Waals surface area contributed by atoms with E-state index in [-0.39, 0.29) is 32.2 Å². The molecule has 0 bridgehead atoms. The summed E-state index contributed by atoms with van der Waals surface area (Å²) in [5.41, 5.74) is 0.0370. The third-order valence-corrected chi connectivity index (χ3v) is 5.48. The Morgan fingerprint density at radius 2 is 1.74 bits per heavy atom. The minimum Gasteiger partial charge on any atom is -0.494 e. The number of alkyl halides is 3. The summed E-state index contributed by atoms with van der Waals surface area (Å²) in [5, 5.41) is 5.26. The molecule has 2 N–H and O–H groups in total. The van der Waals surface area contributed by atoms with Crippen LogP contribution < -0.4 is 20.3 Å². The lowest BCUT2D eigenvalue weighted by Crippen LogP contribution is -2.34. The lowest BCUT2D eigenvalue weighted by atomic mass is 10.1. The van der Waals surface area contributed by atoms with Crippen LogP contribution in [-0.4, -0.2) is 31.2 Å². The first kappa shape index (κ1) is 23.4. The molecule has 0 radical (unpaired) electrons. The quantitative estimate of drug-likeness (QED) is 0.533. The van der Waals surface area contributed by atoms with Gasteiger partial charge in [0, 0.05) is 18.7 Å². The second-order valence-electron chi connectivity index (χ2n) is 6.81. The lowest BCUT2D eigenvalue weighted by Gasteiger charge is -2.23. The number of rotatable bonds is 4. The van der Waals surface area contributed by atoms with Crippen molar-refractivity contribution >= 4 is 57.8 Å². The van der Waals surface area contributed by atoms with Gasteiger partial charge in [-0.3, -0.25) is 10.1 Å². The number of anilines is 2. The number of benzene rings is 2. The van der Waals surface area contributed by atoms with E-state index in [1.807, 2.05) is 4.90 Å². The highest BCUT2D eigenvalue weighted by atomic mass is 35.5. The number of halogens is 5. The van der Waals surface area contributed by atoms with E-state index in [2.05, 4.69) is 10.6 Å². The van der Waals surface area contributed by atoms with Crippen LogP contribution >= 0.6 is 35.4 Å². The fourth-order valence-electron chi connectivity index (χ4n) is 3.26. The van der Waals surface area contributed by atoms with E-state index in [0.717, 1.165) is 38.1 Å². The molecule has 0 aromatic heterocycles. The molecule has 1 saturated heterocycles. The zero-order valence-electron chi connectivity index (χ0n) is 16.3. The Morgan fingerprint density at radius 1 is 1.13 bits per heavy atom. The molecular weight excluding hydrogens is 474 g/mol. The molecule has 0 aliphatic carbocycles. The number of nitrogens with zero attached hydrogens (tertiary/aromatic N) is 1. The smallest absolute Gasteiger partial charge is 0.416 e. The van der Waals surface area contributed by atoms with Crippen LogP contribution in [0.2, 0.25) is 10.0 Å². The summed E-state index contributed by atoms with van der Waals surface area (Å²) in [7, 11) is 1.39. The predicted octanol–water partition coefficient (Wildman–Crippen LogP) is 5.75. The highest BCUT2D eigenvalue weighted by Crippen LogP contribution is 2.37. The van der Waals surface area contributed by atoms with Gasteiger partial charge in [0.15, 0.2) is 10.9 Å². The predicted molar refractivity (Wildman–Crippen MR) is 120 cm³/mol. The van der Waals surface area contributed by atoms with Gasteiger partial charge in [0.2, 0.25) is 0 Å². The lowest BCUT2D eigenvalue weighted by molar-refractivity contribution is -0.137.